The van der Waals surface area contributed by atoms with E-state index in [1.807, 2.05) is 25.3 Å². The zero-order valence-corrected chi connectivity index (χ0v) is 15.8. The molecule has 0 radical (unpaired) electrons. The molecule has 0 spiro atoms. The van der Waals surface area contributed by atoms with Crippen LogP contribution in [-0.2, 0) is 22.3 Å². The normalized spacial score (nSPS) is 12.4. The van der Waals surface area contributed by atoms with Crippen molar-refractivity contribution >= 4 is 32.8 Å². The van der Waals surface area contributed by atoms with E-state index in [1.165, 1.54) is 23.9 Å². The Balaban J connectivity index is 1.89. The second kappa shape index (κ2) is 6.77. The van der Waals surface area contributed by atoms with E-state index in [4.69, 9.17) is 9.66 Å². The van der Waals surface area contributed by atoms with Crippen LogP contribution in [0.1, 0.15) is 38.4 Å². The molecule has 3 rings (SSSR count). The Hall–Kier alpha value is -1.91. The molecule has 0 bridgehead atoms. The number of hydrogen-bond acceptors (Lipinski definition) is 7. The molecule has 2 N–H and O–H groups in total. The summed E-state index contributed by atoms with van der Waals surface area (Å²) in [4.78, 5) is 8.93. The van der Waals surface area contributed by atoms with Crippen molar-refractivity contribution in [1.29, 1.82) is 0 Å². The van der Waals surface area contributed by atoms with E-state index in [9.17, 15) is 8.42 Å². The standard InChI is InChI=1S/C15H19N5O3S2/c1-4-20-12-6-5-10(25(16,21)22)7-11(12)17-15(20)24-8-13-18-14(9(2)3)19-23-13/h5-7,9H,4,8H2,1-3H3,(H2,16,21,22). The lowest BCUT2D eigenvalue weighted by Gasteiger charge is -2.04. The summed E-state index contributed by atoms with van der Waals surface area (Å²) >= 11 is 1.46. The van der Waals surface area contributed by atoms with Gasteiger partial charge >= 0.3 is 0 Å². The number of benzene rings is 1. The van der Waals surface area contributed by atoms with Gasteiger partial charge in [-0.25, -0.2) is 18.5 Å². The fourth-order valence-corrected chi connectivity index (χ4v) is 3.82. The molecule has 134 valence electrons. The molecular weight excluding hydrogens is 362 g/mol. The maximum Gasteiger partial charge on any atom is 0.238 e. The number of sulfonamides is 1. The third kappa shape index (κ3) is 3.70. The predicted octanol–water partition coefficient (Wildman–Crippen LogP) is 2.50. The molecule has 0 saturated heterocycles. The van der Waals surface area contributed by atoms with Crippen LogP contribution < -0.4 is 5.14 Å². The lowest BCUT2D eigenvalue weighted by Crippen LogP contribution is -2.11. The minimum Gasteiger partial charge on any atom is -0.338 e. The second-order valence-corrected chi connectivity index (χ2v) is 8.33. The van der Waals surface area contributed by atoms with Crippen LogP contribution in [0.15, 0.2) is 32.8 Å². The summed E-state index contributed by atoms with van der Waals surface area (Å²) in [5.74, 6) is 1.91. The van der Waals surface area contributed by atoms with Gasteiger partial charge in [-0.2, -0.15) is 4.98 Å². The van der Waals surface area contributed by atoms with E-state index in [0.29, 0.717) is 29.5 Å². The Kier molecular flexibility index (Phi) is 4.85. The van der Waals surface area contributed by atoms with Crippen LogP contribution in [0.2, 0.25) is 0 Å². The number of aryl methyl sites for hydroxylation is 1. The van der Waals surface area contributed by atoms with Crippen molar-refractivity contribution in [2.24, 2.45) is 5.14 Å². The number of rotatable bonds is 6. The molecule has 2 aromatic heterocycles. The number of primary sulfonamides is 1. The van der Waals surface area contributed by atoms with Gasteiger partial charge < -0.3 is 9.09 Å². The van der Waals surface area contributed by atoms with Crippen LogP contribution in [0, 0.1) is 0 Å². The first kappa shape index (κ1) is 17.9. The summed E-state index contributed by atoms with van der Waals surface area (Å²) < 4.78 is 30.3. The van der Waals surface area contributed by atoms with E-state index >= 15 is 0 Å². The van der Waals surface area contributed by atoms with Gasteiger partial charge in [-0.15, -0.1) is 0 Å². The molecule has 8 nitrogen and oxygen atoms in total. The van der Waals surface area contributed by atoms with Crippen LogP contribution in [0.5, 0.6) is 0 Å². The molecule has 0 atom stereocenters. The van der Waals surface area contributed by atoms with Crippen LogP contribution in [0.4, 0.5) is 0 Å². The quantitative estimate of drug-likeness (QED) is 0.652. The highest BCUT2D eigenvalue weighted by Crippen LogP contribution is 2.28. The maximum atomic E-state index is 11.5. The van der Waals surface area contributed by atoms with Crippen molar-refractivity contribution in [3.05, 3.63) is 29.9 Å². The summed E-state index contributed by atoms with van der Waals surface area (Å²) in [5, 5.41) is 9.89. The molecule has 3 aromatic rings. The number of aromatic nitrogens is 4. The van der Waals surface area contributed by atoms with Gasteiger partial charge in [0.1, 0.15) is 0 Å². The van der Waals surface area contributed by atoms with Gasteiger partial charge in [0.05, 0.1) is 21.7 Å². The van der Waals surface area contributed by atoms with Gasteiger partial charge in [0.2, 0.25) is 15.9 Å². The van der Waals surface area contributed by atoms with Gasteiger partial charge in [0, 0.05) is 12.5 Å². The Morgan fingerprint density at radius 1 is 1.32 bits per heavy atom. The van der Waals surface area contributed by atoms with E-state index in [-0.39, 0.29) is 10.8 Å². The van der Waals surface area contributed by atoms with Gasteiger partial charge in [-0.1, -0.05) is 30.8 Å². The molecule has 25 heavy (non-hydrogen) atoms. The van der Waals surface area contributed by atoms with Crippen molar-refractivity contribution in [2.45, 2.75) is 49.0 Å². The third-order valence-electron chi connectivity index (χ3n) is 3.65. The van der Waals surface area contributed by atoms with E-state index in [2.05, 4.69) is 15.1 Å². The first-order valence-electron chi connectivity index (χ1n) is 7.78. The van der Waals surface area contributed by atoms with Crippen LogP contribution >= 0.6 is 11.8 Å². The lowest BCUT2D eigenvalue weighted by molar-refractivity contribution is 0.382. The highest BCUT2D eigenvalue weighted by molar-refractivity contribution is 7.98. The Labute approximate surface area is 149 Å². The first-order valence-corrected chi connectivity index (χ1v) is 10.3. The lowest BCUT2D eigenvalue weighted by atomic mass is 10.2. The molecule has 0 fully saturated rings. The predicted molar refractivity (Wildman–Crippen MR) is 94.7 cm³/mol. The fourth-order valence-electron chi connectivity index (χ4n) is 2.37. The average molecular weight is 381 g/mol. The molecule has 0 saturated carbocycles. The van der Waals surface area contributed by atoms with Crippen LogP contribution in [0.3, 0.4) is 0 Å². The molecule has 0 aliphatic rings. The average Bonchev–Trinajstić information content (AvgIpc) is 3.15. The van der Waals surface area contributed by atoms with Gasteiger partial charge in [-0.3, -0.25) is 0 Å². The number of thioether (sulfide) groups is 1. The molecule has 0 amide bonds. The number of imidazole rings is 1. The maximum absolute atomic E-state index is 11.5. The molecule has 0 aliphatic heterocycles. The second-order valence-electron chi connectivity index (χ2n) is 5.82. The zero-order chi connectivity index (χ0) is 18.2. The van der Waals surface area contributed by atoms with Crippen molar-refractivity contribution in [3.8, 4) is 0 Å². The summed E-state index contributed by atoms with van der Waals surface area (Å²) in [6.07, 6.45) is 0. The number of nitrogens with two attached hydrogens (primary N) is 1. The SMILES string of the molecule is CCn1c(SCc2nc(C(C)C)no2)nc2cc(S(N)(=O)=O)ccc21. The van der Waals surface area contributed by atoms with Crippen molar-refractivity contribution in [3.63, 3.8) is 0 Å². The minimum absolute atomic E-state index is 0.0516. The Morgan fingerprint density at radius 2 is 2.08 bits per heavy atom. The summed E-state index contributed by atoms with van der Waals surface area (Å²) in [6, 6.07) is 4.70. The largest absolute Gasteiger partial charge is 0.338 e. The van der Waals surface area contributed by atoms with Gasteiger partial charge in [-0.05, 0) is 25.1 Å². The van der Waals surface area contributed by atoms with Crippen molar-refractivity contribution in [1.82, 2.24) is 19.7 Å². The molecule has 1 aromatic carbocycles. The monoisotopic (exact) mass is 381 g/mol. The van der Waals surface area contributed by atoms with E-state index in [0.717, 1.165) is 10.7 Å². The Bertz CT molecular complexity index is 1010. The smallest absolute Gasteiger partial charge is 0.238 e. The van der Waals surface area contributed by atoms with E-state index < -0.39 is 10.0 Å². The highest BCUT2D eigenvalue weighted by atomic mass is 32.2. The summed E-state index contributed by atoms with van der Waals surface area (Å²) in [7, 11) is -3.75. The summed E-state index contributed by atoms with van der Waals surface area (Å²) in [5.41, 5.74) is 1.44. The van der Waals surface area contributed by atoms with Crippen LogP contribution in [-0.4, -0.2) is 28.1 Å². The third-order valence-corrected chi connectivity index (χ3v) is 5.53. The van der Waals surface area contributed by atoms with Crippen molar-refractivity contribution in [2.75, 3.05) is 0 Å². The summed E-state index contributed by atoms with van der Waals surface area (Å²) in [6.45, 7) is 6.71. The molecule has 2 heterocycles. The molecule has 10 heteroatoms. The topological polar surface area (TPSA) is 117 Å². The zero-order valence-electron chi connectivity index (χ0n) is 14.1. The number of nitrogens with zero attached hydrogens (tertiary/aromatic N) is 4. The molecular formula is C15H19N5O3S2. The highest BCUT2D eigenvalue weighted by Gasteiger charge is 2.16. The molecule has 0 aliphatic carbocycles. The minimum atomic E-state index is -3.75. The van der Waals surface area contributed by atoms with Gasteiger partial charge in [0.25, 0.3) is 0 Å². The number of hydrogen-bond donors (Lipinski definition) is 1. The number of fused-ring (bicyclic) bond motifs is 1. The van der Waals surface area contributed by atoms with Crippen LogP contribution in [0.25, 0.3) is 11.0 Å². The first-order chi connectivity index (χ1) is 11.8. The van der Waals surface area contributed by atoms with E-state index in [1.54, 1.807) is 6.07 Å². The van der Waals surface area contributed by atoms with Gasteiger partial charge in [0.15, 0.2) is 11.0 Å². The Morgan fingerprint density at radius 3 is 2.68 bits per heavy atom. The van der Waals surface area contributed by atoms with Crippen molar-refractivity contribution < 1.29 is 12.9 Å². The molecule has 0 unspecified atom stereocenters. The fraction of sp³-hybridized carbons (Fsp3) is 0.400.